The molecule has 0 aromatic rings. The zero-order valence-corrected chi connectivity index (χ0v) is 26.1. The number of methoxy groups -OCH3 is 1. The number of rotatable bonds is 29. The van der Waals surface area contributed by atoms with Crippen LogP contribution in [0.2, 0.25) is 0 Å². The van der Waals surface area contributed by atoms with E-state index in [1.807, 2.05) is 21.1 Å². The van der Waals surface area contributed by atoms with Gasteiger partial charge in [-0.05, 0) is 6.42 Å². The number of phosphoric acid groups is 1. The number of nitrogens with zero attached hydrogens (tertiary/aromatic N) is 1. The van der Waals surface area contributed by atoms with Crippen LogP contribution in [0.25, 0.3) is 0 Å². The highest BCUT2D eigenvalue weighted by Crippen LogP contribution is 2.43. The van der Waals surface area contributed by atoms with E-state index >= 15 is 0 Å². The highest BCUT2D eigenvalue weighted by atomic mass is 31.2. The minimum absolute atomic E-state index is 0.0340. The highest BCUT2D eigenvalue weighted by molar-refractivity contribution is 7.47. The lowest BCUT2D eigenvalue weighted by Crippen LogP contribution is -2.37. The van der Waals surface area contributed by atoms with Crippen molar-refractivity contribution in [2.45, 2.75) is 129 Å². The van der Waals surface area contributed by atoms with Crippen LogP contribution in [0, 0.1) is 0 Å². The number of hydrogen-bond acceptors (Lipinski definition) is 5. The maximum Gasteiger partial charge on any atom is 0.472 e. The van der Waals surface area contributed by atoms with Gasteiger partial charge in [-0.1, -0.05) is 116 Å². The summed E-state index contributed by atoms with van der Waals surface area (Å²) in [6.45, 7) is 4.04. The standard InChI is InChI=1S/C29H62NO6P/c1-6-7-8-9-10-11-12-13-14-15-16-17-18-19-20-21-22-23-25-34-27-29(33-5)28-36-37(31,32)35-26-24-30(2,3)4/h29H,6-28H2,1-5H3/p+1/t29-/m1/s1. The van der Waals surface area contributed by atoms with E-state index < -0.39 is 13.9 Å². The van der Waals surface area contributed by atoms with Gasteiger partial charge < -0.3 is 18.9 Å². The van der Waals surface area contributed by atoms with Crippen molar-refractivity contribution in [3.63, 3.8) is 0 Å². The van der Waals surface area contributed by atoms with Crippen LogP contribution in [0.1, 0.15) is 122 Å². The largest absolute Gasteiger partial charge is 0.472 e. The van der Waals surface area contributed by atoms with Gasteiger partial charge in [0.15, 0.2) is 0 Å². The van der Waals surface area contributed by atoms with Gasteiger partial charge in [-0.3, -0.25) is 9.05 Å². The molecule has 1 N–H and O–H groups in total. The Morgan fingerprint density at radius 1 is 0.649 bits per heavy atom. The predicted octanol–water partition coefficient (Wildman–Crippen LogP) is 7.90. The second-order valence-corrected chi connectivity index (χ2v) is 13.0. The van der Waals surface area contributed by atoms with Crippen molar-refractivity contribution in [2.75, 3.05) is 61.2 Å². The first-order valence-corrected chi connectivity index (χ1v) is 16.7. The molecule has 0 saturated heterocycles. The zero-order valence-electron chi connectivity index (χ0n) is 25.2. The van der Waals surface area contributed by atoms with E-state index in [0.717, 1.165) is 6.42 Å². The molecular formula is C29H63NO6P+. The number of unbranched alkanes of at least 4 members (excludes halogenated alkanes) is 17. The number of ether oxygens (including phenoxy) is 2. The SMILES string of the molecule is CCCCCCCCCCCCCCCCCCCCOC[C@H](COP(=O)(O)OCC[N+](C)(C)C)OC. The molecular weight excluding hydrogens is 489 g/mol. The molecule has 2 atom stereocenters. The molecule has 0 heterocycles. The summed E-state index contributed by atoms with van der Waals surface area (Å²) in [4.78, 5) is 9.80. The molecule has 0 aliphatic heterocycles. The van der Waals surface area contributed by atoms with E-state index in [1.165, 1.54) is 109 Å². The van der Waals surface area contributed by atoms with Gasteiger partial charge in [0.2, 0.25) is 0 Å². The van der Waals surface area contributed by atoms with Crippen molar-refractivity contribution in [1.82, 2.24) is 0 Å². The fourth-order valence-electron chi connectivity index (χ4n) is 4.15. The number of hydrogen-bond donors (Lipinski definition) is 1. The Balaban J connectivity index is 3.44. The minimum Gasteiger partial charge on any atom is -0.379 e. The molecule has 0 spiro atoms. The molecule has 8 heteroatoms. The monoisotopic (exact) mass is 552 g/mol. The average Bonchev–Trinajstić information content (AvgIpc) is 2.83. The quantitative estimate of drug-likeness (QED) is 0.0578. The summed E-state index contributed by atoms with van der Waals surface area (Å²) in [6, 6.07) is 0. The van der Waals surface area contributed by atoms with Crippen molar-refractivity contribution in [1.29, 1.82) is 0 Å². The molecule has 0 bridgehead atoms. The predicted molar refractivity (Wildman–Crippen MR) is 155 cm³/mol. The Morgan fingerprint density at radius 2 is 1.08 bits per heavy atom. The fraction of sp³-hybridized carbons (Fsp3) is 1.00. The number of quaternary nitrogens is 1. The first kappa shape index (κ1) is 37.0. The van der Waals surface area contributed by atoms with Crippen molar-refractivity contribution in [3.8, 4) is 0 Å². The Labute approximate surface area is 230 Å². The molecule has 0 amide bonds. The maximum atomic E-state index is 12.0. The topological polar surface area (TPSA) is 74.2 Å². The normalized spacial score (nSPS) is 14.6. The van der Waals surface area contributed by atoms with E-state index in [1.54, 1.807) is 7.11 Å². The molecule has 0 aromatic heterocycles. The molecule has 0 rings (SSSR count). The Hall–Kier alpha value is -0.0100. The molecule has 0 fully saturated rings. The van der Waals surface area contributed by atoms with Crippen LogP contribution in [-0.2, 0) is 23.1 Å². The van der Waals surface area contributed by atoms with Gasteiger partial charge in [-0.25, -0.2) is 4.57 Å². The van der Waals surface area contributed by atoms with Gasteiger partial charge in [-0.2, -0.15) is 0 Å². The van der Waals surface area contributed by atoms with Gasteiger partial charge >= 0.3 is 7.82 Å². The molecule has 7 nitrogen and oxygen atoms in total. The Kier molecular flexibility index (Phi) is 25.0. The summed E-state index contributed by atoms with van der Waals surface area (Å²) in [5.74, 6) is 0. The fourth-order valence-corrected chi connectivity index (χ4v) is 4.89. The van der Waals surface area contributed by atoms with Gasteiger partial charge in [-0.15, -0.1) is 0 Å². The molecule has 1 unspecified atom stereocenters. The van der Waals surface area contributed by atoms with Crippen molar-refractivity contribution >= 4 is 7.82 Å². The third-order valence-electron chi connectivity index (χ3n) is 6.72. The number of phosphoric ester groups is 1. The molecule has 0 aliphatic carbocycles. The summed E-state index contributed by atoms with van der Waals surface area (Å²) < 4.78 is 33.7. The lowest BCUT2D eigenvalue weighted by molar-refractivity contribution is -0.870. The highest BCUT2D eigenvalue weighted by Gasteiger charge is 2.24. The van der Waals surface area contributed by atoms with Gasteiger partial charge in [0, 0.05) is 13.7 Å². The second-order valence-electron chi connectivity index (χ2n) is 11.6. The van der Waals surface area contributed by atoms with Crippen LogP contribution in [-0.4, -0.2) is 76.7 Å². The lowest BCUT2D eigenvalue weighted by atomic mass is 10.0. The van der Waals surface area contributed by atoms with E-state index in [0.29, 0.717) is 24.2 Å². The first-order valence-electron chi connectivity index (χ1n) is 15.2. The van der Waals surface area contributed by atoms with Gasteiger partial charge in [0.05, 0.1) is 34.4 Å². The van der Waals surface area contributed by atoms with Crippen molar-refractivity contribution in [2.24, 2.45) is 0 Å². The minimum atomic E-state index is -4.07. The van der Waals surface area contributed by atoms with E-state index in [4.69, 9.17) is 18.5 Å². The van der Waals surface area contributed by atoms with Crippen LogP contribution < -0.4 is 0 Å². The molecule has 37 heavy (non-hydrogen) atoms. The summed E-state index contributed by atoms with van der Waals surface area (Å²) in [6.07, 6.45) is 24.1. The first-order chi connectivity index (χ1) is 17.7. The molecule has 0 aromatic carbocycles. The van der Waals surface area contributed by atoms with Gasteiger partial charge in [0.25, 0.3) is 0 Å². The average molecular weight is 553 g/mol. The smallest absolute Gasteiger partial charge is 0.379 e. The van der Waals surface area contributed by atoms with Crippen molar-refractivity contribution in [3.05, 3.63) is 0 Å². The molecule has 0 radical (unpaired) electrons. The Bertz CT molecular complexity index is 529. The summed E-state index contributed by atoms with van der Waals surface area (Å²) >= 11 is 0. The zero-order chi connectivity index (χ0) is 27.7. The van der Waals surface area contributed by atoms with Crippen LogP contribution >= 0.6 is 7.82 Å². The van der Waals surface area contributed by atoms with Crippen LogP contribution in [0.15, 0.2) is 0 Å². The molecule has 0 aliphatic rings. The summed E-state index contributed by atoms with van der Waals surface area (Å²) in [5, 5.41) is 0. The maximum absolute atomic E-state index is 12.0. The van der Waals surface area contributed by atoms with Crippen LogP contribution in [0.4, 0.5) is 0 Å². The second kappa shape index (κ2) is 25.0. The van der Waals surface area contributed by atoms with Crippen molar-refractivity contribution < 1.29 is 32.5 Å². The summed E-state index contributed by atoms with van der Waals surface area (Å²) in [7, 11) is 3.45. The van der Waals surface area contributed by atoms with Crippen LogP contribution in [0.3, 0.4) is 0 Å². The third kappa shape index (κ3) is 28.8. The van der Waals surface area contributed by atoms with E-state index in [9.17, 15) is 9.46 Å². The van der Waals surface area contributed by atoms with Crippen LogP contribution in [0.5, 0.6) is 0 Å². The number of likely N-dealkylation sites (N-methyl/N-ethyl adjacent to an activating group) is 1. The lowest BCUT2D eigenvalue weighted by Gasteiger charge is -2.24. The third-order valence-corrected chi connectivity index (χ3v) is 7.70. The van der Waals surface area contributed by atoms with E-state index in [2.05, 4.69) is 6.92 Å². The molecule has 224 valence electrons. The van der Waals surface area contributed by atoms with Gasteiger partial charge in [0.1, 0.15) is 19.3 Å². The molecule has 0 saturated carbocycles. The summed E-state index contributed by atoms with van der Waals surface area (Å²) in [5.41, 5.74) is 0. The van der Waals surface area contributed by atoms with E-state index in [-0.39, 0.29) is 13.2 Å². The Morgan fingerprint density at radius 3 is 1.49 bits per heavy atom.